The van der Waals surface area contributed by atoms with Gasteiger partial charge in [-0.05, 0) is 30.3 Å². The van der Waals surface area contributed by atoms with E-state index in [4.69, 9.17) is 0 Å². The maximum absolute atomic E-state index is 14.4. The smallest absolute Gasteiger partial charge is 0.255 e. The number of para-hydroxylation sites is 2. The van der Waals surface area contributed by atoms with Crippen molar-refractivity contribution in [2.24, 2.45) is 0 Å². The average molecular weight is 392 g/mol. The predicted octanol–water partition coefficient (Wildman–Crippen LogP) is 4.86. The highest BCUT2D eigenvalue weighted by atomic mass is 32.2. The number of nitrogens with one attached hydrogen (secondary N) is 1. The maximum Gasteiger partial charge on any atom is 0.255 e. The number of hydrogen-bond donors (Lipinski definition) is 1. The third kappa shape index (κ3) is 3.51. The molecule has 0 unspecified atom stereocenters. The van der Waals surface area contributed by atoms with Gasteiger partial charge in [-0.25, -0.2) is 4.39 Å². The Labute approximate surface area is 166 Å². The molecule has 0 spiro atoms. The van der Waals surface area contributed by atoms with Crippen LogP contribution >= 0.6 is 11.8 Å². The molecule has 1 atom stereocenters. The Kier molecular flexibility index (Phi) is 5.12. The molecule has 3 aromatic rings. The monoisotopic (exact) mass is 392 g/mol. The molecule has 1 saturated heterocycles. The summed E-state index contributed by atoms with van der Waals surface area (Å²) in [5.41, 5.74) is 2.14. The molecule has 4 nitrogen and oxygen atoms in total. The second kappa shape index (κ2) is 7.86. The van der Waals surface area contributed by atoms with Crippen LogP contribution in [0.5, 0.6) is 0 Å². The molecule has 6 heteroatoms. The van der Waals surface area contributed by atoms with E-state index in [1.54, 1.807) is 48.5 Å². The number of carbonyl (C=O) groups is 2. The summed E-state index contributed by atoms with van der Waals surface area (Å²) in [6.45, 7) is 0. The topological polar surface area (TPSA) is 49.4 Å². The minimum Gasteiger partial charge on any atom is -0.322 e. The van der Waals surface area contributed by atoms with Crippen LogP contribution in [-0.2, 0) is 4.79 Å². The highest BCUT2D eigenvalue weighted by molar-refractivity contribution is 8.00. The van der Waals surface area contributed by atoms with Gasteiger partial charge in [0.2, 0.25) is 5.91 Å². The fraction of sp³-hybridized carbons (Fsp3) is 0.0909. The normalized spacial score (nSPS) is 16.2. The lowest BCUT2D eigenvalue weighted by Gasteiger charge is -2.26. The SMILES string of the molecule is O=C(Nc1ccccc1[C@@H]1SCC(=O)N1c1ccccc1F)c1ccccc1. The molecule has 0 saturated carbocycles. The number of anilines is 2. The fourth-order valence-corrected chi connectivity index (χ4v) is 4.38. The lowest BCUT2D eigenvalue weighted by atomic mass is 10.1. The Morgan fingerprint density at radius 2 is 1.64 bits per heavy atom. The number of rotatable bonds is 4. The number of carbonyl (C=O) groups excluding carboxylic acids is 2. The number of halogens is 1. The Morgan fingerprint density at radius 1 is 0.964 bits per heavy atom. The lowest BCUT2D eigenvalue weighted by molar-refractivity contribution is -0.115. The molecule has 0 aliphatic carbocycles. The molecule has 1 fully saturated rings. The van der Waals surface area contributed by atoms with Crippen molar-refractivity contribution in [2.75, 3.05) is 16.0 Å². The molecule has 2 amide bonds. The van der Waals surface area contributed by atoms with Crippen molar-refractivity contribution in [3.63, 3.8) is 0 Å². The van der Waals surface area contributed by atoms with Crippen molar-refractivity contribution in [1.29, 1.82) is 0 Å². The van der Waals surface area contributed by atoms with Gasteiger partial charge in [-0.2, -0.15) is 0 Å². The molecule has 4 rings (SSSR count). The minimum atomic E-state index is -0.450. The first-order valence-electron chi connectivity index (χ1n) is 8.78. The Morgan fingerprint density at radius 3 is 2.43 bits per heavy atom. The predicted molar refractivity (Wildman–Crippen MR) is 110 cm³/mol. The molecule has 1 aliphatic heterocycles. The highest BCUT2D eigenvalue weighted by Gasteiger charge is 2.36. The van der Waals surface area contributed by atoms with Crippen molar-refractivity contribution >= 4 is 35.0 Å². The van der Waals surface area contributed by atoms with Gasteiger partial charge in [0.15, 0.2) is 0 Å². The molecule has 0 radical (unpaired) electrons. The highest BCUT2D eigenvalue weighted by Crippen LogP contribution is 2.44. The summed E-state index contributed by atoms with van der Waals surface area (Å²) in [5.74, 6) is -0.599. The van der Waals surface area contributed by atoms with E-state index < -0.39 is 11.2 Å². The molecular formula is C22H17FN2O2S. The van der Waals surface area contributed by atoms with Crippen molar-refractivity contribution in [1.82, 2.24) is 0 Å². The zero-order chi connectivity index (χ0) is 19.5. The summed E-state index contributed by atoms with van der Waals surface area (Å²) in [5, 5.41) is 2.50. The van der Waals surface area contributed by atoms with E-state index in [0.717, 1.165) is 5.56 Å². The minimum absolute atomic E-state index is 0.163. The summed E-state index contributed by atoms with van der Waals surface area (Å²) >= 11 is 1.41. The Balaban J connectivity index is 1.68. The van der Waals surface area contributed by atoms with E-state index in [2.05, 4.69) is 5.32 Å². The van der Waals surface area contributed by atoms with Crippen LogP contribution in [0.15, 0.2) is 78.9 Å². The van der Waals surface area contributed by atoms with Gasteiger partial charge in [0.05, 0.1) is 11.4 Å². The number of thioether (sulfide) groups is 1. The first-order valence-corrected chi connectivity index (χ1v) is 9.83. The van der Waals surface area contributed by atoms with E-state index in [1.165, 1.54) is 22.7 Å². The third-order valence-electron chi connectivity index (χ3n) is 4.49. The fourth-order valence-electron chi connectivity index (χ4n) is 3.17. The van der Waals surface area contributed by atoms with Crippen LogP contribution < -0.4 is 10.2 Å². The summed E-state index contributed by atoms with van der Waals surface area (Å²) in [6, 6.07) is 22.4. The van der Waals surface area contributed by atoms with Crippen LogP contribution in [0.1, 0.15) is 21.3 Å². The third-order valence-corrected chi connectivity index (χ3v) is 5.68. The summed E-state index contributed by atoms with van der Waals surface area (Å²) < 4.78 is 14.4. The van der Waals surface area contributed by atoms with Gasteiger partial charge in [-0.15, -0.1) is 11.8 Å². The number of amides is 2. The van der Waals surface area contributed by atoms with Crippen LogP contribution in [0, 0.1) is 5.82 Å². The first kappa shape index (κ1) is 18.3. The van der Waals surface area contributed by atoms with Crippen LogP contribution in [-0.4, -0.2) is 17.6 Å². The molecule has 0 aromatic heterocycles. The second-order valence-corrected chi connectivity index (χ2v) is 7.35. The zero-order valence-electron chi connectivity index (χ0n) is 14.8. The summed E-state index contributed by atoms with van der Waals surface area (Å²) in [4.78, 5) is 26.6. The van der Waals surface area contributed by atoms with Gasteiger partial charge in [-0.1, -0.05) is 48.5 Å². The standard InChI is InChI=1S/C22H17FN2O2S/c23-17-11-5-7-13-19(17)25-20(26)14-28-22(25)16-10-4-6-12-18(16)24-21(27)15-8-2-1-3-9-15/h1-13,22H,14H2,(H,24,27)/t22-/m0/s1. The van der Waals surface area contributed by atoms with Crippen molar-refractivity contribution in [3.8, 4) is 0 Å². The lowest BCUT2D eigenvalue weighted by Crippen LogP contribution is -2.29. The number of nitrogens with zero attached hydrogens (tertiary/aromatic N) is 1. The summed E-state index contributed by atoms with van der Waals surface area (Å²) in [7, 11) is 0. The van der Waals surface area contributed by atoms with E-state index in [0.29, 0.717) is 11.3 Å². The molecule has 0 bridgehead atoms. The summed E-state index contributed by atoms with van der Waals surface area (Å²) in [6.07, 6.45) is 0. The largest absolute Gasteiger partial charge is 0.322 e. The average Bonchev–Trinajstić information content (AvgIpc) is 3.10. The van der Waals surface area contributed by atoms with Crippen LogP contribution in [0.4, 0.5) is 15.8 Å². The maximum atomic E-state index is 14.4. The number of hydrogen-bond acceptors (Lipinski definition) is 3. The Hall–Kier alpha value is -3.12. The quantitative estimate of drug-likeness (QED) is 0.690. The molecular weight excluding hydrogens is 375 g/mol. The van der Waals surface area contributed by atoms with Gasteiger partial charge in [0.1, 0.15) is 11.2 Å². The van der Waals surface area contributed by atoms with Crippen LogP contribution in [0.25, 0.3) is 0 Å². The molecule has 3 aromatic carbocycles. The van der Waals surface area contributed by atoms with Crippen molar-refractivity contribution in [3.05, 3.63) is 95.8 Å². The Bertz CT molecular complexity index is 1030. The van der Waals surface area contributed by atoms with Gasteiger partial charge < -0.3 is 5.32 Å². The first-order chi connectivity index (χ1) is 13.6. The van der Waals surface area contributed by atoms with E-state index >= 15 is 0 Å². The van der Waals surface area contributed by atoms with Crippen molar-refractivity contribution in [2.45, 2.75) is 5.37 Å². The molecule has 1 heterocycles. The molecule has 140 valence electrons. The van der Waals surface area contributed by atoms with Crippen LogP contribution in [0.3, 0.4) is 0 Å². The molecule has 1 N–H and O–H groups in total. The van der Waals surface area contributed by atoms with Gasteiger partial charge in [-0.3, -0.25) is 14.5 Å². The van der Waals surface area contributed by atoms with Gasteiger partial charge in [0, 0.05) is 16.8 Å². The second-order valence-electron chi connectivity index (χ2n) is 6.29. The zero-order valence-corrected chi connectivity index (χ0v) is 15.7. The van der Waals surface area contributed by atoms with E-state index in [1.807, 2.05) is 24.3 Å². The van der Waals surface area contributed by atoms with Crippen LogP contribution in [0.2, 0.25) is 0 Å². The molecule has 28 heavy (non-hydrogen) atoms. The van der Waals surface area contributed by atoms with Crippen molar-refractivity contribution < 1.29 is 14.0 Å². The molecule has 1 aliphatic rings. The van der Waals surface area contributed by atoms with Gasteiger partial charge >= 0.3 is 0 Å². The number of benzene rings is 3. The van der Waals surface area contributed by atoms with E-state index in [-0.39, 0.29) is 23.3 Å². The van der Waals surface area contributed by atoms with Gasteiger partial charge in [0.25, 0.3) is 5.91 Å². The van der Waals surface area contributed by atoms with E-state index in [9.17, 15) is 14.0 Å².